The first kappa shape index (κ1) is 16.5. The Morgan fingerprint density at radius 1 is 1.20 bits per heavy atom. The summed E-state index contributed by atoms with van der Waals surface area (Å²) in [5.41, 5.74) is -0.308. The van der Waals surface area contributed by atoms with Gasteiger partial charge >= 0.3 is 0 Å². The van der Waals surface area contributed by atoms with E-state index in [0.717, 1.165) is 0 Å². The molecule has 5 nitrogen and oxygen atoms in total. The third kappa shape index (κ3) is 2.30. The van der Waals surface area contributed by atoms with Crippen LogP contribution in [0.25, 0.3) is 0 Å². The van der Waals surface area contributed by atoms with E-state index in [1.165, 1.54) is 11.8 Å². The minimum atomic E-state index is -0.869. The minimum absolute atomic E-state index is 0.00751. The summed E-state index contributed by atoms with van der Waals surface area (Å²) in [6.45, 7) is 1.50. The number of fused-ring (bicyclic) bond motifs is 2. The molecule has 0 radical (unpaired) electrons. The number of nitrogens with zero attached hydrogens (tertiary/aromatic N) is 1. The molecule has 0 aromatic heterocycles. The quantitative estimate of drug-likeness (QED) is 0.773. The number of ketones is 2. The van der Waals surface area contributed by atoms with Gasteiger partial charge in [-0.25, -0.2) is 4.90 Å². The Morgan fingerprint density at radius 3 is 2.56 bits per heavy atom. The van der Waals surface area contributed by atoms with E-state index >= 15 is 0 Å². The second-order valence-electron chi connectivity index (χ2n) is 7.19. The zero-order chi connectivity index (χ0) is 17.8. The summed E-state index contributed by atoms with van der Waals surface area (Å²) in [5.74, 6) is -0.945. The molecule has 3 aliphatic heterocycles. The van der Waals surface area contributed by atoms with Gasteiger partial charge < -0.3 is 4.79 Å². The van der Waals surface area contributed by atoms with Crippen LogP contribution < -0.4 is 4.90 Å². The van der Waals surface area contributed by atoms with Gasteiger partial charge in [0.25, 0.3) is 0 Å². The number of thioether (sulfide) groups is 1. The van der Waals surface area contributed by atoms with Crippen LogP contribution in [0.1, 0.15) is 26.2 Å². The van der Waals surface area contributed by atoms with E-state index in [4.69, 9.17) is 0 Å². The lowest BCUT2D eigenvalue weighted by Gasteiger charge is -2.50. The van der Waals surface area contributed by atoms with Crippen molar-refractivity contribution >= 4 is 40.8 Å². The highest BCUT2D eigenvalue weighted by molar-refractivity contribution is 8.00. The molecule has 2 bridgehead atoms. The molecular weight excluding hydrogens is 338 g/mol. The average Bonchev–Trinajstić information content (AvgIpc) is 2.88. The predicted molar refractivity (Wildman–Crippen MR) is 94.1 cm³/mol. The molecule has 1 saturated carbocycles. The Hall–Kier alpha value is -1.95. The number of rotatable bonds is 4. The average molecular weight is 357 g/mol. The SMILES string of the molecule is CC(=O)CC[C@]12CS[C@H](CC1=O)[C@@H]1C(=O)N(c3ccccc3)C(=O)[C@@H]12. The number of hydrogen-bond donors (Lipinski definition) is 0. The lowest BCUT2D eigenvalue weighted by atomic mass is 9.60. The summed E-state index contributed by atoms with van der Waals surface area (Å²) in [6.07, 6.45) is 0.960. The van der Waals surface area contributed by atoms with Crippen LogP contribution in [0.2, 0.25) is 0 Å². The molecular formula is C19H19NO4S. The largest absolute Gasteiger partial charge is 0.300 e. The molecule has 1 aromatic carbocycles. The standard InChI is InChI=1S/C19H19NO4S/c1-11(21)7-8-19-10-25-13(9-14(19)22)15-16(19)18(24)20(17(15)23)12-5-3-2-4-6-12/h2-6,13,15-16H,7-10H2,1H3/t13-,15+,16-,19+/m1/s1. The highest BCUT2D eigenvalue weighted by Gasteiger charge is 2.68. The number of carbonyl (C=O) groups is 4. The summed E-state index contributed by atoms with van der Waals surface area (Å²) in [4.78, 5) is 51.8. The summed E-state index contributed by atoms with van der Waals surface area (Å²) >= 11 is 1.61. The molecule has 4 atom stereocenters. The molecule has 4 fully saturated rings. The van der Waals surface area contributed by atoms with Gasteiger partial charge in [-0.15, -0.1) is 0 Å². The molecule has 0 spiro atoms. The van der Waals surface area contributed by atoms with E-state index in [9.17, 15) is 19.2 Å². The summed E-state index contributed by atoms with van der Waals surface area (Å²) in [7, 11) is 0. The molecule has 0 unspecified atom stereocenters. The van der Waals surface area contributed by atoms with Gasteiger partial charge in [0.05, 0.1) is 22.9 Å². The van der Waals surface area contributed by atoms with Crippen LogP contribution in [-0.4, -0.2) is 34.4 Å². The van der Waals surface area contributed by atoms with Crippen LogP contribution in [0.15, 0.2) is 30.3 Å². The summed E-state index contributed by atoms with van der Waals surface area (Å²) < 4.78 is 0. The topological polar surface area (TPSA) is 71.5 Å². The Kier molecular flexibility index (Phi) is 3.83. The maximum Gasteiger partial charge on any atom is 0.238 e. The van der Waals surface area contributed by atoms with Crippen LogP contribution in [0.4, 0.5) is 5.69 Å². The molecule has 6 heteroatoms. The lowest BCUT2D eigenvalue weighted by molar-refractivity contribution is -0.144. The van der Waals surface area contributed by atoms with Crippen molar-refractivity contribution in [3.63, 3.8) is 0 Å². The number of benzene rings is 1. The van der Waals surface area contributed by atoms with Crippen LogP contribution in [0.5, 0.6) is 0 Å². The molecule has 5 rings (SSSR count). The number of anilines is 1. The van der Waals surface area contributed by atoms with Crippen molar-refractivity contribution in [3.8, 4) is 0 Å². The molecule has 3 saturated heterocycles. The highest BCUT2D eigenvalue weighted by Crippen LogP contribution is 2.59. The number of imide groups is 1. The Morgan fingerprint density at radius 2 is 1.92 bits per heavy atom. The van der Waals surface area contributed by atoms with Crippen molar-refractivity contribution in [3.05, 3.63) is 30.3 Å². The van der Waals surface area contributed by atoms with Gasteiger partial charge in [0.15, 0.2) is 0 Å². The van der Waals surface area contributed by atoms with Crippen LogP contribution in [0, 0.1) is 17.3 Å². The number of hydrogen-bond acceptors (Lipinski definition) is 5. The van der Waals surface area contributed by atoms with Crippen molar-refractivity contribution in [1.82, 2.24) is 0 Å². The zero-order valence-electron chi connectivity index (χ0n) is 13.9. The first-order valence-electron chi connectivity index (χ1n) is 8.53. The fourth-order valence-corrected chi connectivity index (χ4v) is 6.27. The van der Waals surface area contributed by atoms with E-state index in [2.05, 4.69) is 0 Å². The molecule has 1 aromatic rings. The lowest BCUT2D eigenvalue weighted by Crippen LogP contribution is -2.58. The second kappa shape index (κ2) is 5.80. The maximum atomic E-state index is 13.2. The smallest absolute Gasteiger partial charge is 0.238 e. The van der Waals surface area contributed by atoms with E-state index in [0.29, 0.717) is 24.3 Å². The Balaban J connectivity index is 1.76. The van der Waals surface area contributed by atoms with Crippen LogP contribution in [-0.2, 0) is 19.2 Å². The first-order valence-corrected chi connectivity index (χ1v) is 9.58. The van der Waals surface area contributed by atoms with Gasteiger partial charge in [-0.3, -0.25) is 14.4 Å². The van der Waals surface area contributed by atoms with Gasteiger partial charge in [0.1, 0.15) is 11.6 Å². The number of Topliss-reactive ketones (excluding diaryl/α,β-unsaturated/α-hetero) is 2. The van der Waals surface area contributed by atoms with Crippen molar-refractivity contribution < 1.29 is 19.2 Å². The normalized spacial score (nSPS) is 33.7. The number of amides is 2. The van der Waals surface area contributed by atoms with Crippen molar-refractivity contribution in [1.29, 1.82) is 0 Å². The third-order valence-corrected chi connectivity index (χ3v) is 7.35. The van der Waals surface area contributed by atoms with Crippen molar-refractivity contribution in [2.75, 3.05) is 10.7 Å². The van der Waals surface area contributed by atoms with Gasteiger partial charge in [-0.1, -0.05) is 18.2 Å². The van der Waals surface area contributed by atoms with Crippen LogP contribution in [0.3, 0.4) is 0 Å². The fraction of sp³-hybridized carbons (Fsp3) is 0.474. The minimum Gasteiger partial charge on any atom is -0.300 e. The van der Waals surface area contributed by atoms with Crippen molar-refractivity contribution in [2.24, 2.45) is 17.3 Å². The van der Waals surface area contributed by atoms with Gasteiger partial charge in [0.2, 0.25) is 11.8 Å². The van der Waals surface area contributed by atoms with E-state index in [1.807, 2.05) is 6.07 Å². The number of carbonyl (C=O) groups excluding carboxylic acids is 4. The Labute approximate surface area is 150 Å². The molecule has 0 N–H and O–H groups in total. The highest BCUT2D eigenvalue weighted by atomic mass is 32.2. The van der Waals surface area contributed by atoms with E-state index in [-0.39, 0.29) is 35.1 Å². The van der Waals surface area contributed by atoms with E-state index < -0.39 is 17.3 Å². The van der Waals surface area contributed by atoms with Crippen molar-refractivity contribution in [2.45, 2.75) is 31.4 Å². The third-order valence-electron chi connectivity index (χ3n) is 5.78. The number of para-hydroxylation sites is 1. The summed E-state index contributed by atoms with van der Waals surface area (Å²) in [5, 5.41) is -0.123. The molecule has 130 valence electrons. The van der Waals surface area contributed by atoms with Gasteiger partial charge in [0, 0.05) is 23.8 Å². The predicted octanol–water partition coefficient (Wildman–Crippen LogP) is 2.24. The molecule has 1 aliphatic carbocycles. The monoisotopic (exact) mass is 357 g/mol. The van der Waals surface area contributed by atoms with Crippen LogP contribution >= 0.6 is 11.8 Å². The van der Waals surface area contributed by atoms with E-state index in [1.54, 1.807) is 36.0 Å². The second-order valence-corrected chi connectivity index (χ2v) is 8.41. The first-order chi connectivity index (χ1) is 12.0. The molecule has 2 amide bonds. The fourth-order valence-electron chi connectivity index (χ4n) is 4.52. The Bertz CT molecular complexity index is 777. The molecule has 4 aliphatic rings. The van der Waals surface area contributed by atoms with Gasteiger partial charge in [-0.05, 0) is 25.5 Å². The molecule has 25 heavy (non-hydrogen) atoms. The summed E-state index contributed by atoms with van der Waals surface area (Å²) in [6, 6.07) is 8.90. The van der Waals surface area contributed by atoms with Gasteiger partial charge in [-0.2, -0.15) is 11.8 Å². The zero-order valence-corrected chi connectivity index (χ0v) is 14.8. The molecule has 3 heterocycles. The maximum absolute atomic E-state index is 13.2.